The van der Waals surface area contributed by atoms with Crippen molar-refractivity contribution in [1.82, 2.24) is 5.32 Å². The molecule has 3 rings (SSSR count). The van der Waals surface area contributed by atoms with Gasteiger partial charge in [-0.3, -0.25) is 4.79 Å². The maximum absolute atomic E-state index is 12.5. The molecule has 2 aromatic carbocycles. The Morgan fingerprint density at radius 3 is 2.77 bits per heavy atom. The van der Waals surface area contributed by atoms with Crippen LogP contribution in [0.5, 0.6) is 5.75 Å². The fraction of sp³-hybridized carbons (Fsp3) is 0.278. The predicted molar refractivity (Wildman–Crippen MR) is 87.4 cm³/mol. The number of ether oxygens (including phenoxy) is 1. The van der Waals surface area contributed by atoms with Crippen LogP contribution in [0.3, 0.4) is 0 Å². The van der Waals surface area contributed by atoms with Crippen LogP contribution < -0.4 is 10.1 Å². The number of nitrogens with one attached hydrogen (secondary N) is 1. The number of hydrogen-bond donors (Lipinski definition) is 1. The van der Waals surface area contributed by atoms with Gasteiger partial charge in [-0.25, -0.2) is 0 Å². The van der Waals surface area contributed by atoms with Crippen molar-refractivity contribution in [3.05, 3.63) is 64.7 Å². The third-order valence-electron chi connectivity index (χ3n) is 3.77. The molecule has 1 aliphatic rings. The van der Waals surface area contributed by atoms with Crippen molar-refractivity contribution in [2.45, 2.75) is 31.9 Å². The molecule has 0 aromatic heterocycles. The second-order valence-corrected chi connectivity index (χ2v) is 6.58. The zero-order chi connectivity index (χ0) is 15.7. The summed E-state index contributed by atoms with van der Waals surface area (Å²) < 4.78 is 5.98. The highest BCUT2D eigenvalue weighted by Crippen LogP contribution is 2.39. The van der Waals surface area contributed by atoms with E-state index in [1.54, 1.807) is 24.3 Å². The van der Waals surface area contributed by atoms with Crippen LogP contribution >= 0.6 is 11.6 Å². The molecule has 1 N–H and O–H groups in total. The second-order valence-electron chi connectivity index (χ2n) is 6.14. The maximum atomic E-state index is 12.5. The molecule has 22 heavy (non-hydrogen) atoms. The summed E-state index contributed by atoms with van der Waals surface area (Å²) >= 11 is 5.96. The van der Waals surface area contributed by atoms with E-state index in [9.17, 15) is 4.79 Å². The summed E-state index contributed by atoms with van der Waals surface area (Å²) in [5.74, 6) is 0.704. The number of carbonyl (C=O) groups is 1. The van der Waals surface area contributed by atoms with Gasteiger partial charge in [0.15, 0.2) is 0 Å². The number of para-hydroxylation sites is 1. The van der Waals surface area contributed by atoms with Crippen LogP contribution in [0.15, 0.2) is 48.5 Å². The second kappa shape index (κ2) is 5.65. The van der Waals surface area contributed by atoms with Gasteiger partial charge in [0, 0.05) is 22.6 Å². The highest BCUT2D eigenvalue weighted by atomic mass is 35.5. The highest BCUT2D eigenvalue weighted by Gasteiger charge is 2.34. The summed E-state index contributed by atoms with van der Waals surface area (Å²) in [6.07, 6.45) is 0.719. The molecule has 0 aliphatic carbocycles. The number of halogens is 1. The number of hydrogen-bond acceptors (Lipinski definition) is 2. The smallest absolute Gasteiger partial charge is 0.251 e. The van der Waals surface area contributed by atoms with Gasteiger partial charge in [0.25, 0.3) is 5.91 Å². The molecule has 114 valence electrons. The molecule has 2 aromatic rings. The Bertz CT molecular complexity index is 712. The lowest BCUT2D eigenvalue weighted by atomic mass is 9.89. The summed E-state index contributed by atoms with van der Waals surface area (Å²) in [5, 5.41) is 3.65. The fourth-order valence-electron chi connectivity index (χ4n) is 2.80. The van der Waals surface area contributed by atoms with Crippen molar-refractivity contribution in [1.29, 1.82) is 0 Å². The van der Waals surface area contributed by atoms with E-state index in [0.29, 0.717) is 10.6 Å². The Morgan fingerprint density at radius 1 is 1.23 bits per heavy atom. The predicted octanol–water partition coefficient (Wildman–Crippen LogP) is 4.37. The Labute approximate surface area is 135 Å². The summed E-state index contributed by atoms with van der Waals surface area (Å²) in [7, 11) is 0. The molecule has 1 aliphatic heterocycles. The molecule has 1 heterocycles. The van der Waals surface area contributed by atoms with Gasteiger partial charge in [-0.1, -0.05) is 35.9 Å². The van der Waals surface area contributed by atoms with Gasteiger partial charge in [-0.05, 0) is 38.1 Å². The minimum atomic E-state index is -0.319. The van der Waals surface area contributed by atoms with Gasteiger partial charge in [0.1, 0.15) is 11.4 Å². The molecule has 0 fully saturated rings. The standard InChI is InChI=1S/C18H18ClNO2/c1-18(2)11-15(14-8-3-4-9-16(14)22-18)20-17(21)12-6-5-7-13(19)10-12/h3-10,15H,11H2,1-2H3,(H,20,21)/t15-/m0/s1. The van der Waals surface area contributed by atoms with Crippen molar-refractivity contribution in [3.63, 3.8) is 0 Å². The van der Waals surface area contributed by atoms with Gasteiger partial charge in [0.05, 0.1) is 6.04 Å². The molecule has 0 saturated carbocycles. The highest BCUT2D eigenvalue weighted by molar-refractivity contribution is 6.30. The summed E-state index contributed by atoms with van der Waals surface area (Å²) in [6, 6.07) is 14.7. The SMILES string of the molecule is CC1(C)C[C@H](NC(=O)c2cccc(Cl)c2)c2ccccc2O1. The zero-order valence-electron chi connectivity index (χ0n) is 12.6. The average molecular weight is 316 g/mol. The molecule has 0 bridgehead atoms. The van der Waals surface area contributed by atoms with Crippen LogP contribution in [-0.2, 0) is 0 Å². The van der Waals surface area contributed by atoms with E-state index in [-0.39, 0.29) is 17.6 Å². The van der Waals surface area contributed by atoms with E-state index in [4.69, 9.17) is 16.3 Å². The van der Waals surface area contributed by atoms with E-state index in [0.717, 1.165) is 17.7 Å². The van der Waals surface area contributed by atoms with Gasteiger partial charge >= 0.3 is 0 Å². The first kappa shape index (κ1) is 14.9. The number of benzene rings is 2. The summed E-state index contributed by atoms with van der Waals surface area (Å²) in [6.45, 7) is 4.06. The van der Waals surface area contributed by atoms with Gasteiger partial charge < -0.3 is 10.1 Å². The summed E-state index contributed by atoms with van der Waals surface area (Å²) in [5.41, 5.74) is 1.26. The van der Waals surface area contributed by atoms with E-state index >= 15 is 0 Å². The number of fused-ring (bicyclic) bond motifs is 1. The molecule has 4 heteroatoms. The van der Waals surface area contributed by atoms with E-state index in [1.165, 1.54) is 0 Å². The Kier molecular flexibility index (Phi) is 3.83. The lowest BCUT2D eigenvalue weighted by molar-refractivity contribution is 0.0620. The molecule has 0 radical (unpaired) electrons. The van der Waals surface area contributed by atoms with Crippen molar-refractivity contribution in [2.75, 3.05) is 0 Å². The Hall–Kier alpha value is -2.00. The Balaban J connectivity index is 1.87. The lowest BCUT2D eigenvalue weighted by Crippen LogP contribution is -2.41. The van der Waals surface area contributed by atoms with Crippen LogP contribution in [0.25, 0.3) is 0 Å². The zero-order valence-corrected chi connectivity index (χ0v) is 13.4. The maximum Gasteiger partial charge on any atom is 0.251 e. The molecule has 1 atom stereocenters. The normalized spacial score (nSPS) is 19.0. The first-order valence-corrected chi connectivity index (χ1v) is 7.67. The number of rotatable bonds is 2. The van der Waals surface area contributed by atoms with E-state index in [1.807, 2.05) is 38.1 Å². The van der Waals surface area contributed by atoms with Crippen LogP contribution in [0, 0.1) is 0 Å². The number of carbonyl (C=O) groups excluding carboxylic acids is 1. The average Bonchev–Trinajstić information content (AvgIpc) is 2.46. The Morgan fingerprint density at radius 2 is 2.00 bits per heavy atom. The van der Waals surface area contributed by atoms with Crippen LogP contribution in [0.4, 0.5) is 0 Å². The van der Waals surface area contributed by atoms with Gasteiger partial charge in [-0.15, -0.1) is 0 Å². The van der Waals surface area contributed by atoms with E-state index in [2.05, 4.69) is 5.32 Å². The largest absolute Gasteiger partial charge is 0.487 e. The van der Waals surface area contributed by atoms with Crippen molar-refractivity contribution in [2.24, 2.45) is 0 Å². The minimum Gasteiger partial charge on any atom is -0.487 e. The molecule has 0 spiro atoms. The fourth-order valence-corrected chi connectivity index (χ4v) is 2.99. The van der Waals surface area contributed by atoms with Crippen molar-refractivity contribution < 1.29 is 9.53 Å². The third kappa shape index (κ3) is 3.09. The third-order valence-corrected chi connectivity index (χ3v) is 4.00. The quantitative estimate of drug-likeness (QED) is 0.893. The van der Waals surface area contributed by atoms with Crippen molar-refractivity contribution in [3.8, 4) is 5.75 Å². The minimum absolute atomic E-state index is 0.0774. The summed E-state index contributed by atoms with van der Waals surface area (Å²) in [4.78, 5) is 12.5. The molecule has 0 unspecified atom stereocenters. The van der Waals surface area contributed by atoms with Gasteiger partial charge in [-0.2, -0.15) is 0 Å². The topological polar surface area (TPSA) is 38.3 Å². The molecule has 1 amide bonds. The molecule has 0 saturated heterocycles. The van der Waals surface area contributed by atoms with Gasteiger partial charge in [0.2, 0.25) is 0 Å². The molecular weight excluding hydrogens is 298 g/mol. The first-order chi connectivity index (χ1) is 10.4. The van der Waals surface area contributed by atoms with Crippen LogP contribution in [0.1, 0.15) is 42.2 Å². The van der Waals surface area contributed by atoms with Crippen LogP contribution in [-0.4, -0.2) is 11.5 Å². The van der Waals surface area contributed by atoms with Crippen LogP contribution in [0.2, 0.25) is 5.02 Å². The molecular formula is C18H18ClNO2. The monoisotopic (exact) mass is 315 g/mol. The first-order valence-electron chi connectivity index (χ1n) is 7.29. The van der Waals surface area contributed by atoms with Crippen molar-refractivity contribution >= 4 is 17.5 Å². The molecule has 3 nitrogen and oxygen atoms in total. The number of amides is 1. The van der Waals surface area contributed by atoms with E-state index < -0.39 is 0 Å². The lowest BCUT2D eigenvalue weighted by Gasteiger charge is -2.37.